The van der Waals surface area contributed by atoms with Gasteiger partial charge in [-0.2, -0.15) is 0 Å². The van der Waals surface area contributed by atoms with Gasteiger partial charge in [0.05, 0.1) is 34.3 Å². The van der Waals surface area contributed by atoms with Crippen molar-refractivity contribution in [3.05, 3.63) is 107 Å². The van der Waals surface area contributed by atoms with E-state index < -0.39 is 12.6 Å². The molecule has 4 aromatic rings. The van der Waals surface area contributed by atoms with Crippen LogP contribution in [-0.2, 0) is 14.3 Å². The van der Waals surface area contributed by atoms with Crippen molar-refractivity contribution in [2.24, 2.45) is 17.8 Å². The zero-order valence-corrected chi connectivity index (χ0v) is 22.9. The predicted molar refractivity (Wildman–Crippen MR) is 156 cm³/mol. The number of nitrogens with zero attached hydrogens (tertiary/aromatic N) is 2. The third-order valence-electron chi connectivity index (χ3n) is 7.73. The first kappa shape index (κ1) is 26.6. The van der Waals surface area contributed by atoms with Gasteiger partial charge in [-0.3, -0.25) is 19.3 Å². The van der Waals surface area contributed by atoms with E-state index >= 15 is 0 Å². The first-order chi connectivity index (χ1) is 19.8. The van der Waals surface area contributed by atoms with Gasteiger partial charge in [-0.05, 0) is 60.9 Å². The quantitative estimate of drug-likeness (QED) is 0.118. The smallest absolute Gasteiger partial charge is 0.339 e. The van der Waals surface area contributed by atoms with Crippen LogP contribution in [0.4, 0.5) is 5.69 Å². The summed E-state index contributed by atoms with van der Waals surface area (Å²) in [5, 5.41) is 1.10. The lowest BCUT2D eigenvalue weighted by Gasteiger charge is -2.22. The molecule has 0 bridgehead atoms. The maximum atomic E-state index is 13.2. The van der Waals surface area contributed by atoms with Gasteiger partial charge < -0.3 is 4.74 Å². The van der Waals surface area contributed by atoms with E-state index in [9.17, 15) is 19.2 Å². The number of fused-ring (bicyclic) bond motifs is 2. The van der Waals surface area contributed by atoms with Crippen molar-refractivity contribution in [3.63, 3.8) is 0 Å². The fraction of sp³-hybridized carbons (Fsp3) is 0.182. The number of esters is 1. The van der Waals surface area contributed by atoms with Crippen LogP contribution in [0.3, 0.4) is 0 Å². The first-order valence-corrected chi connectivity index (χ1v) is 13.7. The zero-order chi connectivity index (χ0) is 28.7. The lowest BCUT2D eigenvalue weighted by molar-refractivity contribution is -0.122. The predicted octanol–water partition coefficient (Wildman–Crippen LogP) is 6.30. The molecule has 8 heteroatoms. The molecule has 0 spiro atoms. The number of benzene rings is 3. The van der Waals surface area contributed by atoms with E-state index in [1.165, 1.54) is 4.90 Å². The van der Waals surface area contributed by atoms with E-state index in [-0.39, 0.29) is 40.9 Å². The maximum Gasteiger partial charge on any atom is 0.339 e. The number of imide groups is 1. The largest absolute Gasteiger partial charge is 0.454 e. The average molecular weight is 565 g/mol. The molecule has 0 radical (unpaired) electrons. The summed E-state index contributed by atoms with van der Waals surface area (Å²) in [6.45, 7) is 1.54. The highest BCUT2D eigenvalue weighted by molar-refractivity contribution is 6.30. The molecule has 2 aliphatic rings. The van der Waals surface area contributed by atoms with Crippen LogP contribution in [0.15, 0.2) is 91.0 Å². The number of hydrogen-bond acceptors (Lipinski definition) is 6. The number of carbonyl (C=O) groups is 4. The molecule has 1 aromatic heterocycles. The first-order valence-electron chi connectivity index (χ1n) is 13.3. The number of para-hydroxylation sites is 1. The van der Waals surface area contributed by atoms with Gasteiger partial charge in [0.2, 0.25) is 11.8 Å². The Morgan fingerprint density at radius 3 is 2.44 bits per heavy atom. The third kappa shape index (κ3) is 4.93. The molecule has 0 saturated carbocycles. The van der Waals surface area contributed by atoms with Crippen molar-refractivity contribution in [1.29, 1.82) is 0 Å². The Labute approximate surface area is 241 Å². The van der Waals surface area contributed by atoms with Gasteiger partial charge in [-0.1, -0.05) is 61.0 Å². The summed E-state index contributed by atoms with van der Waals surface area (Å²) in [5.41, 5.74) is 2.96. The Kier molecular flexibility index (Phi) is 6.97. The molecule has 6 rings (SSSR count). The summed E-state index contributed by atoms with van der Waals surface area (Å²) in [7, 11) is 0. The maximum absolute atomic E-state index is 13.2. The number of pyridine rings is 1. The van der Waals surface area contributed by atoms with Crippen molar-refractivity contribution in [3.8, 4) is 11.3 Å². The molecule has 1 aliphatic carbocycles. The van der Waals surface area contributed by atoms with Gasteiger partial charge in [-0.15, -0.1) is 0 Å². The number of rotatable bonds is 6. The molecule has 1 saturated heterocycles. The van der Waals surface area contributed by atoms with Crippen LogP contribution in [0.25, 0.3) is 22.2 Å². The fourth-order valence-electron chi connectivity index (χ4n) is 5.60. The minimum Gasteiger partial charge on any atom is -0.454 e. The van der Waals surface area contributed by atoms with Crippen molar-refractivity contribution in [2.45, 2.75) is 13.3 Å². The number of hydrogen-bond donors (Lipinski definition) is 0. The number of allylic oxidation sites excluding steroid dienone is 2. The summed E-state index contributed by atoms with van der Waals surface area (Å²) in [5.74, 6) is -2.00. The van der Waals surface area contributed by atoms with E-state index in [0.29, 0.717) is 44.9 Å². The van der Waals surface area contributed by atoms with Crippen LogP contribution in [-0.4, -0.2) is 35.2 Å². The van der Waals surface area contributed by atoms with E-state index in [2.05, 4.69) is 0 Å². The second-order valence-corrected chi connectivity index (χ2v) is 10.7. The minimum atomic E-state index is -0.651. The molecule has 7 nitrogen and oxygen atoms in total. The summed E-state index contributed by atoms with van der Waals surface area (Å²) in [6, 6.07) is 22.2. The Hall–Kier alpha value is -4.62. The lowest BCUT2D eigenvalue weighted by Crippen LogP contribution is -2.31. The van der Waals surface area contributed by atoms with Crippen LogP contribution in [0.1, 0.15) is 34.1 Å². The number of anilines is 1. The van der Waals surface area contributed by atoms with E-state index in [4.69, 9.17) is 21.3 Å². The Bertz CT molecular complexity index is 1730. The summed E-state index contributed by atoms with van der Waals surface area (Å²) in [4.78, 5) is 58.0. The standard InChI is InChI=1S/C33H25ClN2O5/c1-19-5-4-7-25-30(19)32(39)36(31(25)38)23-15-11-20(12-16-23)28-17-26(24-6-2-3-8-27(24)35-28)33(40)41-18-29(37)21-9-13-22(34)14-10-21/h2-6,8-17,19,25,30H,7,18H2,1H3/t19-,25-,30-/m1/s1. The molecule has 2 heterocycles. The van der Waals surface area contributed by atoms with E-state index in [1.807, 2.05) is 25.1 Å². The number of ketones is 1. The molecule has 0 unspecified atom stereocenters. The molecule has 204 valence electrons. The van der Waals surface area contributed by atoms with Crippen LogP contribution in [0.5, 0.6) is 0 Å². The van der Waals surface area contributed by atoms with Crippen molar-refractivity contribution >= 4 is 51.8 Å². The van der Waals surface area contributed by atoms with Gasteiger partial charge in [0.1, 0.15) is 0 Å². The number of aromatic nitrogens is 1. The molecule has 3 aromatic carbocycles. The van der Waals surface area contributed by atoms with Crippen molar-refractivity contribution in [2.75, 3.05) is 11.5 Å². The molecule has 41 heavy (non-hydrogen) atoms. The SMILES string of the molecule is C[C@@H]1C=CC[C@H]2C(=O)N(c3ccc(-c4cc(C(=O)OCC(=O)c5ccc(Cl)cc5)c5ccccc5n4)cc3)C(=O)[C@H]12. The minimum absolute atomic E-state index is 0.0101. The molecule has 2 amide bonds. The summed E-state index contributed by atoms with van der Waals surface area (Å²) in [6.07, 6.45) is 4.55. The molecule has 1 fully saturated rings. The molecule has 3 atom stereocenters. The number of amides is 2. The number of carbonyl (C=O) groups excluding carboxylic acids is 4. The normalized spacial score (nSPS) is 19.9. The number of halogens is 1. The molecular weight excluding hydrogens is 540 g/mol. The molecule has 0 N–H and O–H groups in total. The lowest BCUT2D eigenvalue weighted by atomic mass is 9.78. The Morgan fingerprint density at radius 1 is 0.976 bits per heavy atom. The average Bonchev–Trinajstić information content (AvgIpc) is 3.25. The monoisotopic (exact) mass is 564 g/mol. The van der Waals surface area contributed by atoms with Crippen LogP contribution in [0, 0.1) is 17.8 Å². The van der Waals surface area contributed by atoms with Gasteiger partial charge in [0.25, 0.3) is 0 Å². The number of ether oxygens (including phenoxy) is 1. The van der Waals surface area contributed by atoms with Gasteiger partial charge in [0.15, 0.2) is 12.4 Å². The van der Waals surface area contributed by atoms with Gasteiger partial charge in [0, 0.05) is 21.5 Å². The highest BCUT2D eigenvalue weighted by atomic mass is 35.5. The second-order valence-electron chi connectivity index (χ2n) is 10.3. The van der Waals surface area contributed by atoms with Gasteiger partial charge in [-0.25, -0.2) is 9.78 Å². The van der Waals surface area contributed by atoms with Crippen LogP contribution < -0.4 is 4.90 Å². The van der Waals surface area contributed by atoms with Gasteiger partial charge >= 0.3 is 5.97 Å². The zero-order valence-electron chi connectivity index (χ0n) is 22.1. The van der Waals surface area contributed by atoms with Crippen LogP contribution in [0.2, 0.25) is 5.02 Å². The fourth-order valence-corrected chi connectivity index (χ4v) is 5.73. The van der Waals surface area contributed by atoms with E-state index in [0.717, 1.165) is 0 Å². The highest BCUT2D eigenvalue weighted by Gasteiger charge is 2.50. The van der Waals surface area contributed by atoms with Crippen molar-refractivity contribution < 1.29 is 23.9 Å². The van der Waals surface area contributed by atoms with Crippen LogP contribution >= 0.6 is 11.6 Å². The number of Topliss-reactive ketones (excluding diaryl/α,β-unsaturated/α-hetero) is 1. The second kappa shape index (κ2) is 10.7. The Morgan fingerprint density at radius 2 is 1.71 bits per heavy atom. The third-order valence-corrected chi connectivity index (χ3v) is 7.98. The topological polar surface area (TPSA) is 93.6 Å². The summed E-state index contributed by atoms with van der Waals surface area (Å²) < 4.78 is 5.40. The van der Waals surface area contributed by atoms with E-state index in [1.54, 1.807) is 72.8 Å². The highest BCUT2D eigenvalue weighted by Crippen LogP contribution is 2.40. The molecule has 1 aliphatic heterocycles. The molecular formula is C33H25ClN2O5. The Balaban J connectivity index is 1.26. The summed E-state index contributed by atoms with van der Waals surface area (Å²) >= 11 is 5.89. The van der Waals surface area contributed by atoms with Crippen molar-refractivity contribution in [1.82, 2.24) is 4.98 Å².